The minimum Gasteiger partial charge on any atom is -0.406 e. The van der Waals surface area contributed by atoms with E-state index in [1.54, 1.807) is 30.3 Å². The van der Waals surface area contributed by atoms with Gasteiger partial charge in [0.1, 0.15) is 11.5 Å². The largest absolute Gasteiger partial charge is 0.573 e. The lowest BCUT2D eigenvalue weighted by molar-refractivity contribution is -0.274. The first kappa shape index (κ1) is 21.8. The Bertz CT molecular complexity index is 1040. The van der Waals surface area contributed by atoms with Gasteiger partial charge in [-0.2, -0.15) is 0 Å². The van der Waals surface area contributed by atoms with E-state index >= 15 is 0 Å². The van der Waals surface area contributed by atoms with E-state index < -0.39 is 33.3 Å². The van der Waals surface area contributed by atoms with Gasteiger partial charge >= 0.3 is 6.36 Å². The molecule has 0 aromatic heterocycles. The van der Waals surface area contributed by atoms with E-state index in [1.165, 1.54) is 12.1 Å². The van der Waals surface area contributed by atoms with Gasteiger partial charge in [0.15, 0.2) is 5.25 Å². The Labute approximate surface area is 172 Å². The Morgan fingerprint density at radius 2 is 1.70 bits per heavy atom. The zero-order chi connectivity index (χ0) is 21.9. The molecule has 1 amide bonds. The van der Waals surface area contributed by atoms with Crippen molar-refractivity contribution in [2.75, 3.05) is 6.54 Å². The average Bonchev–Trinajstić information content (AvgIpc) is 2.86. The summed E-state index contributed by atoms with van der Waals surface area (Å²) >= 11 is 0. The van der Waals surface area contributed by atoms with Gasteiger partial charge in [-0.25, -0.2) is 17.7 Å². The van der Waals surface area contributed by atoms with E-state index in [2.05, 4.69) is 9.73 Å². The van der Waals surface area contributed by atoms with Crippen molar-refractivity contribution in [1.29, 1.82) is 0 Å². The van der Waals surface area contributed by atoms with Crippen LogP contribution < -0.4 is 4.74 Å². The Hall–Kier alpha value is -2.88. The van der Waals surface area contributed by atoms with E-state index in [0.717, 1.165) is 16.4 Å². The predicted molar refractivity (Wildman–Crippen MR) is 105 cm³/mol. The molecule has 1 saturated heterocycles. The molecule has 30 heavy (non-hydrogen) atoms. The van der Waals surface area contributed by atoms with E-state index in [-0.39, 0.29) is 17.9 Å². The summed E-state index contributed by atoms with van der Waals surface area (Å²) in [7, 11) is -4.02. The van der Waals surface area contributed by atoms with Crippen LogP contribution in [0.15, 0.2) is 59.6 Å². The lowest BCUT2D eigenvalue weighted by atomic mass is 10.1. The monoisotopic (exact) mass is 440 g/mol. The maximum atomic E-state index is 13.1. The van der Waals surface area contributed by atoms with E-state index in [1.807, 2.05) is 6.92 Å². The number of carbonyl (C=O) groups excluding carboxylic acids is 1. The number of hydrogen-bond donors (Lipinski definition) is 0. The van der Waals surface area contributed by atoms with Crippen molar-refractivity contribution in [2.45, 2.75) is 31.4 Å². The van der Waals surface area contributed by atoms with E-state index in [0.29, 0.717) is 18.4 Å². The minimum absolute atomic E-state index is 0.0401. The number of carbonyl (C=O) groups is 1. The number of halogens is 3. The highest BCUT2D eigenvalue weighted by molar-refractivity contribution is 7.91. The number of amides is 1. The topological polar surface area (TPSA) is 76.0 Å². The number of benzene rings is 2. The van der Waals surface area contributed by atoms with Gasteiger partial charge < -0.3 is 4.74 Å². The molecule has 160 valence electrons. The van der Waals surface area contributed by atoms with Crippen molar-refractivity contribution in [3.63, 3.8) is 0 Å². The van der Waals surface area contributed by atoms with E-state index in [9.17, 15) is 26.4 Å². The Balaban J connectivity index is 2.02. The average molecular weight is 440 g/mol. The van der Waals surface area contributed by atoms with Crippen LogP contribution in [0, 0.1) is 0 Å². The summed E-state index contributed by atoms with van der Waals surface area (Å²) < 4.78 is 67.8. The number of unbranched alkanes of at least 4 members (excludes halogenated alkanes) is 1. The van der Waals surface area contributed by atoms with Crippen LogP contribution in [0.1, 0.15) is 30.6 Å². The van der Waals surface area contributed by atoms with Gasteiger partial charge in [-0.3, -0.25) is 4.79 Å². The molecule has 3 rings (SSSR count). The fourth-order valence-electron chi connectivity index (χ4n) is 3.08. The quantitative estimate of drug-likeness (QED) is 0.669. The van der Waals surface area contributed by atoms with Crippen molar-refractivity contribution >= 4 is 27.3 Å². The Kier molecular flexibility index (Phi) is 6.16. The number of sulfonamides is 1. The van der Waals surface area contributed by atoms with Crippen molar-refractivity contribution in [2.24, 2.45) is 4.99 Å². The molecular formula is C20H19F3N2O4S. The summed E-state index contributed by atoms with van der Waals surface area (Å²) in [4.78, 5) is 17.1. The van der Waals surface area contributed by atoms with Crippen LogP contribution in [-0.4, -0.2) is 37.2 Å². The Morgan fingerprint density at radius 3 is 2.27 bits per heavy atom. The van der Waals surface area contributed by atoms with Gasteiger partial charge in [0, 0.05) is 6.54 Å². The first-order valence-electron chi connectivity index (χ1n) is 9.18. The third-order valence-electron chi connectivity index (χ3n) is 4.44. The van der Waals surface area contributed by atoms with Crippen LogP contribution in [0.3, 0.4) is 0 Å². The van der Waals surface area contributed by atoms with Crippen LogP contribution in [0.4, 0.5) is 18.9 Å². The summed E-state index contributed by atoms with van der Waals surface area (Å²) in [5.41, 5.74) is 0.337. The molecule has 1 fully saturated rings. The first-order chi connectivity index (χ1) is 14.1. The van der Waals surface area contributed by atoms with E-state index in [4.69, 9.17) is 0 Å². The van der Waals surface area contributed by atoms with Crippen molar-refractivity contribution < 1.29 is 31.1 Å². The predicted octanol–water partition coefficient (Wildman–Crippen LogP) is 4.37. The fraction of sp³-hybridized carbons (Fsp3) is 0.300. The molecule has 6 nitrogen and oxygen atoms in total. The summed E-state index contributed by atoms with van der Waals surface area (Å²) in [6, 6.07) is 12.8. The van der Waals surface area contributed by atoms with Gasteiger partial charge in [0.2, 0.25) is 0 Å². The van der Waals surface area contributed by atoms with Gasteiger partial charge in [-0.1, -0.05) is 43.7 Å². The van der Waals surface area contributed by atoms with Crippen LogP contribution in [0.5, 0.6) is 5.75 Å². The molecule has 0 radical (unpaired) electrons. The molecule has 2 aromatic carbocycles. The molecule has 0 spiro atoms. The van der Waals surface area contributed by atoms with Gasteiger partial charge in [-0.05, 0) is 36.2 Å². The van der Waals surface area contributed by atoms with Gasteiger partial charge in [0.05, 0.1) is 5.69 Å². The minimum atomic E-state index is -4.83. The highest BCUT2D eigenvalue weighted by Gasteiger charge is 2.50. The molecule has 0 saturated carbocycles. The zero-order valence-corrected chi connectivity index (χ0v) is 16.8. The van der Waals surface area contributed by atoms with Crippen molar-refractivity contribution in [3.05, 3.63) is 60.2 Å². The molecule has 0 aliphatic carbocycles. The van der Waals surface area contributed by atoms with Gasteiger partial charge in [-0.15, -0.1) is 13.2 Å². The SMILES string of the molecule is CCCCN1C(=O)C(=Nc2ccc(OC(F)(F)F)cc2)C(c2ccccc2)S1(=O)=O. The highest BCUT2D eigenvalue weighted by Crippen LogP contribution is 2.36. The summed E-state index contributed by atoms with van der Waals surface area (Å²) in [5, 5.41) is -1.28. The fourth-order valence-corrected chi connectivity index (χ4v) is 4.98. The number of aliphatic imine (C=N–C) groups is 1. The second-order valence-corrected chi connectivity index (χ2v) is 8.55. The summed E-state index contributed by atoms with van der Waals surface area (Å²) in [6.07, 6.45) is -3.63. The summed E-state index contributed by atoms with van der Waals surface area (Å²) in [5.74, 6) is -1.17. The van der Waals surface area contributed by atoms with Crippen LogP contribution in [0.2, 0.25) is 0 Å². The van der Waals surface area contributed by atoms with Crippen molar-refractivity contribution in [3.8, 4) is 5.75 Å². The van der Waals surface area contributed by atoms with Crippen LogP contribution in [-0.2, 0) is 14.8 Å². The smallest absolute Gasteiger partial charge is 0.406 e. The molecular weight excluding hydrogens is 421 g/mol. The lowest BCUT2D eigenvalue weighted by Crippen LogP contribution is -2.31. The van der Waals surface area contributed by atoms with Crippen LogP contribution >= 0.6 is 0 Å². The molecule has 2 aromatic rings. The molecule has 1 aliphatic rings. The second kappa shape index (κ2) is 8.47. The molecule has 0 bridgehead atoms. The molecule has 1 unspecified atom stereocenters. The maximum absolute atomic E-state index is 13.1. The Morgan fingerprint density at radius 1 is 1.07 bits per heavy atom. The lowest BCUT2D eigenvalue weighted by Gasteiger charge is -2.15. The third kappa shape index (κ3) is 4.64. The molecule has 1 atom stereocenters. The number of rotatable bonds is 6. The normalized spacial score (nSPS) is 20.0. The number of ether oxygens (including phenoxy) is 1. The number of alkyl halides is 3. The standard InChI is InChI=1S/C20H19F3N2O4S/c1-2-3-13-25-19(26)17(18(30(25,27)28)14-7-5-4-6-8-14)24-15-9-11-16(12-10-15)29-20(21,22)23/h4-12,18H,2-3,13H2,1H3. The maximum Gasteiger partial charge on any atom is 0.573 e. The first-order valence-corrected chi connectivity index (χ1v) is 10.7. The molecule has 0 N–H and O–H groups in total. The highest BCUT2D eigenvalue weighted by atomic mass is 32.2. The molecule has 10 heteroatoms. The number of nitrogens with zero attached hydrogens (tertiary/aromatic N) is 2. The zero-order valence-electron chi connectivity index (χ0n) is 16.0. The van der Waals surface area contributed by atoms with Gasteiger partial charge in [0.25, 0.3) is 15.9 Å². The second-order valence-electron chi connectivity index (χ2n) is 6.61. The third-order valence-corrected chi connectivity index (χ3v) is 6.49. The molecule has 1 aliphatic heterocycles. The van der Waals surface area contributed by atoms with Crippen molar-refractivity contribution in [1.82, 2.24) is 4.31 Å². The van der Waals surface area contributed by atoms with Crippen LogP contribution in [0.25, 0.3) is 0 Å². The summed E-state index contributed by atoms with van der Waals surface area (Å²) in [6.45, 7) is 1.92. The molecule has 1 heterocycles. The number of hydrogen-bond acceptors (Lipinski definition) is 5.